The van der Waals surface area contributed by atoms with Gasteiger partial charge in [-0.25, -0.2) is 0 Å². The summed E-state index contributed by atoms with van der Waals surface area (Å²) in [6.07, 6.45) is 0.841. The third-order valence-electron chi connectivity index (χ3n) is 2.18. The molecule has 1 rings (SSSR count). The lowest BCUT2D eigenvalue weighted by Crippen LogP contribution is -2.25. The van der Waals surface area contributed by atoms with E-state index in [1.165, 1.54) is 0 Å². The predicted molar refractivity (Wildman–Crippen MR) is 64.3 cm³/mol. The third kappa shape index (κ3) is 3.66. The quantitative estimate of drug-likeness (QED) is 0.628. The number of rotatable bonds is 3. The Labute approximate surface area is 96.6 Å². The molecule has 0 spiro atoms. The molecule has 0 unspecified atom stereocenters. The van der Waals surface area contributed by atoms with E-state index in [9.17, 15) is 4.79 Å². The Balaban J connectivity index is 2.65. The van der Waals surface area contributed by atoms with E-state index in [4.69, 9.17) is 10.5 Å². The van der Waals surface area contributed by atoms with Gasteiger partial charge in [-0.2, -0.15) is 0 Å². The summed E-state index contributed by atoms with van der Waals surface area (Å²) in [5.74, 6) is 0.361. The van der Waals surface area contributed by atoms with Crippen LogP contribution in [0, 0.1) is 5.41 Å². The van der Waals surface area contributed by atoms with Gasteiger partial charge in [0.15, 0.2) is 0 Å². The summed E-state index contributed by atoms with van der Waals surface area (Å²) < 4.78 is 5.24. The molecule has 0 bridgehead atoms. The van der Waals surface area contributed by atoms with Gasteiger partial charge in [0.05, 0.1) is 5.41 Å². The van der Waals surface area contributed by atoms with Gasteiger partial charge in [0.1, 0.15) is 5.75 Å². The van der Waals surface area contributed by atoms with Crippen LogP contribution >= 0.6 is 0 Å². The zero-order valence-electron chi connectivity index (χ0n) is 10.1. The molecule has 0 atom stereocenters. The average molecular weight is 221 g/mol. The van der Waals surface area contributed by atoms with Crippen LogP contribution in [0.15, 0.2) is 24.3 Å². The van der Waals surface area contributed by atoms with Crippen molar-refractivity contribution in [3.63, 3.8) is 0 Å². The first kappa shape index (κ1) is 12.7. The Hall–Kier alpha value is -1.35. The smallest absolute Gasteiger partial charge is 0.316 e. The number of carbonyl (C=O) groups is 1. The van der Waals surface area contributed by atoms with Crippen molar-refractivity contribution >= 4 is 5.97 Å². The first-order valence-electron chi connectivity index (χ1n) is 5.45. The molecule has 0 saturated heterocycles. The Bertz CT molecular complexity index is 349. The van der Waals surface area contributed by atoms with Crippen molar-refractivity contribution in [2.75, 3.05) is 6.54 Å². The van der Waals surface area contributed by atoms with Crippen molar-refractivity contribution in [1.29, 1.82) is 0 Å². The molecule has 3 heteroatoms. The number of hydrogen-bond donors (Lipinski definition) is 1. The Morgan fingerprint density at radius 2 is 1.81 bits per heavy atom. The molecule has 88 valence electrons. The molecule has 3 nitrogen and oxygen atoms in total. The second-order valence-corrected chi connectivity index (χ2v) is 4.82. The number of esters is 1. The van der Waals surface area contributed by atoms with Gasteiger partial charge in [-0.15, -0.1) is 0 Å². The van der Waals surface area contributed by atoms with Gasteiger partial charge in [-0.05, 0) is 51.4 Å². The SMILES string of the molecule is CC(C)(C)C(=O)Oc1ccc(CCN)cc1. The summed E-state index contributed by atoms with van der Waals surface area (Å²) in [7, 11) is 0. The van der Waals surface area contributed by atoms with E-state index < -0.39 is 5.41 Å². The monoisotopic (exact) mass is 221 g/mol. The fourth-order valence-electron chi connectivity index (χ4n) is 1.15. The zero-order valence-corrected chi connectivity index (χ0v) is 10.1. The lowest BCUT2D eigenvalue weighted by atomic mass is 9.97. The second-order valence-electron chi connectivity index (χ2n) is 4.82. The van der Waals surface area contributed by atoms with Gasteiger partial charge >= 0.3 is 5.97 Å². The summed E-state index contributed by atoms with van der Waals surface area (Å²) in [6.45, 7) is 6.12. The molecule has 16 heavy (non-hydrogen) atoms. The minimum atomic E-state index is -0.476. The maximum Gasteiger partial charge on any atom is 0.316 e. The summed E-state index contributed by atoms with van der Waals surface area (Å²) in [5.41, 5.74) is 6.13. The fraction of sp³-hybridized carbons (Fsp3) is 0.462. The number of nitrogens with two attached hydrogens (primary N) is 1. The molecule has 0 aliphatic carbocycles. The van der Waals surface area contributed by atoms with E-state index >= 15 is 0 Å². The molecule has 0 amide bonds. The van der Waals surface area contributed by atoms with Crippen LogP contribution in [0.1, 0.15) is 26.3 Å². The van der Waals surface area contributed by atoms with Crippen LogP contribution in [0.3, 0.4) is 0 Å². The summed E-state index contributed by atoms with van der Waals surface area (Å²) in [4.78, 5) is 11.6. The zero-order chi connectivity index (χ0) is 12.2. The number of ether oxygens (including phenoxy) is 1. The molecule has 2 N–H and O–H groups in total. The Kier molecular flexibility index (Phi) is 4.07. The van der Waals surface area contributed by atoms with Gasteiger partial charge < -0.3 is 10.5 Å². The topological polar surface area (TPSA) is 52.3 Å². The lowest BCUT2D eigenvalue weighted by molar-refractivity contribution is -0.142. The van der Waals surface area contributed by atoms with Crippen LogP contribution in [0.25, 0.3) is 0 Å². The number of benzene rings is 1. The summed E-state index contributed by atoms with van der Waals surface area (Å²) >= 11 is 0. The van der Waals surface area contributed by atoms with E-state index in [1.54, 1.807) is 12.1 Å². The molecule has 0 saturated carbocycles. The van der Waals surface area contributed by atoms with Crippen molar-refractivity contribution in [2.45, 2.75) is 27.2 Å². The number of hydrogen-bond acceptors (Lipinski definition) is 3. The van der Waals surface area contributed by atoms with Crippen LogP contribution < -0.4 is 10.5 Å². The van der Waals surface area contributed by atoms with E-state index in [0.29, 0.717) is 12.3 Å². The van der Waals surface area contributed by atoms with Gasteiger partial charge in [-0.1, -0.05) is 12.1 Å². The molecule has 0 aliphatic heterocycles. The third-order valence-corrected chi connectivity index (χ3v) is 2.18. The second kappa shape index (κ2) is 5.12. The van der Waals surface area contributed by atoms with Crippen LogP contribution in [0.5, 0.6) is 5.75 Å². The highest BCUT2D eigenvalue weighted by molar-refractivity contribution is 5.77. The minimum Gasteiger partial charge on any atom is -0.426 e. The van der Waals surface area contributed by atoms with Crippen molar-refractivity contribution in [3.8, 4) is 5.75 Å². The van der Waals surface area contributed by atoms with Gasteiger partial charge in [0, 0.05) is 0 Å². The Morgan fingerprint density at radius 3 is 2.25 bits per heavy atom. The van der Waals surface area contributed by atoms with Crippen LogP contribution in [-0.4, -0.2) is 12.5 Å². The fourth-order valence-corrected chi connectivity index (χ4v) is 1.15. The maximum atomic E-state index is 11.6. The summed E-state index contributed by atoms with van der Waals surface area (Å²) in [6, 6.07) is 7.46. The molecule has 0 radical (unpaired) electrons. The number of carbonyl (C=O) groups excluding carboxylic acids is 1. The first-order valence-corrected chi connectivity index (χ1v) is 5.45. The molecular formula is C13H19NO2. The highest BCUT2D eigenvalue weighted by atomic mass is 16.5. The van der Waals surface area contributed by atoms with E-state index in [1.807, 2.05) is 32.9 Å². The van der Waals surface area contributed by atoms with Crippen molar-refractivity contribution in [3.05, 3.63) is 29.8 Å². The molecule has 0 aliphatic rings. The molecule has 1 aromatic rings. The standard InChI is InChI=1S/C13H19NO2/c1-13(2,3)12(15)16-11-6-4-10(5-7-11)8-9-14/h4-7H,8-9,14H2,1-3H3. The molecule has 1 aromatic carbocycles. The van der Waals surface area contributed by atoms with Gasteiger partial charge in [0.25, 0.3) is 0 Å². The van der Waals surface area contributed by atoms with Crippen molar-refractivity contribution in [2.24, 2.45) is 11.1 Å². The highest BCUT2D eigenvalue weighted by Crippen LogP contribution is 2.19. The molecule has 0 heterocycles. The first-order chi connectivity index (χ1) is 7.43. The van der Waals surface area contributed by atoms with Crippen molar-refractivity contribution in [1.82, 2.24) is 0 Å². The van der Waals surface area contributed by atoms with Gasteiger partial charge in [-0.3, -0.25) is 4.79 Å². The average Bonchev–Trinajstić information content (AvgIpc) is 2.20. The van der Waals surface area contributed by atoms with Crippen LogP contribution in [0.2, 0.25) is 0 Å². The van der Waals surface area contributed by atoms with E-state index in [-0.39, 0.29) is 5.97 Å². The molecule has 0 fully saturated rings. The molecule has 0 aromatic heterocycles. The van der Waals surface area contributed by atoms with E-state index in [0.717, 1.165) is 12.0 Å². The van der Waals surface area contributed by atoms with E-state index in [2.05, 4.69) is 0 Å². The summed E-state index contributed by atoms with van der Waals surface area (Å²) in [5, 5.41) is 0. The lowest BCUT2D eigenvalue weighted by Gasteiger charge is -2.16. The maximum absolute atomic E-state index is 11.6. The van der Waals surface area contributed by atoms with Crippen molar-refractivity contribution < 1.29 is 9.53 Å². The molecular weight excluding hydrogens is 202 g/mol. The normalized spacial score (nSPS) is 11.2. The Morgan fingerprint density at radius 1 is 1.25 bits per heavy atom. The minimum absolute atomic E-state index is 0.223. The highest BCUT2D eigenvalue weighted by Gasteiger charge is 2.23. The van der Waals surface area contributed by atoms with Crippen LogP contribution in [-0.2, 0) is 11.2 Å². The predicted octanol–water partition coefficient (Wildman–Crippen LogP) is 2.14. The van der Waals surface area contributed by atoms with Gasteiger partial charge in [0.2, 0.25) is 0 Å². The largest absolute Gasteiger partial charge is 0.426 e. The van der Waals surface area contributed by atoms with Crippen LogP contribution in [0.4, 0.5) is 0 Å².